The second-order valence-electron chi connectivity index (χ2n) is 9.68. The lowest BCUT2D eigenvalue weighted by Gasteiger charge is -2.27. The van der Waals surface area contributed by atoms with E-state index in [1.165, 1.54) is 5.56 Å². The molecule has 1 heterocycles. The van der Waals surface area contributed by atoms with Crippen molar-refractivity contribution >= 4 is 11.9 Å². The monoisotopic (exact) mass is 421 g/mol. The number of fused-ring (bicyclic) bond motifs is 1. The van der Waals surface area contributed by atoms with E-state index in [-0.39, 0.29) is 11.5 Å². The molecule has 31 heavy (non-hydrogen) atoms. The Balaban J connectivity index is 1.90. The highest BCUT2D eigenvalue weighted by Crippen LogP contribution is 2.40. The van der Waals surface area contributed by atoms with E-state index in [2.05, 4.69) is 58.6 Å². The Morgan fingerprint density at radius 1 is 0.935 bits per heavy atom. The highest BCUT2D eigenvalue weighted by molar-refractivity contribution is 6.15. The van der Waals surface area contributed by atoms with Crippen molar-refractivity contribution in [3.8, 4) is 11.5 Å². The van der Waals surface area contributed by atoms with E-state index in [9.17, 15) is 9.90 Å². The van der Waals surface area contributed by atoms with Crippen LogP contribution >= 0.6 is 0 Å². The fraction of sp³-hybridized carbons (Fsp3) is 0.444. The third kappa shape index (κ3) is 5.56. The molecule has 0 radical (unpaired) electrons. The molecule has 0 amide bonds. The van der Waals surface area contributed by atoms with E-state index < -0.39 is 0 Å². The lowest BCUT2D eigenvalue weighted by atomic mass is 10.0. The number of nitrogens with zero attached hydrogens (tertiary/aromatic N) is 1. The van der Waals surface area contributed by atoms with E-state index in [1.54, 1.807) is 18.2 Å². The number of allylic oxidation sites excluding steroid dienone is 1. The number of aromatic hydroxyl groups is 1. The Hall–Kier alpha value is -2.59. The van der Waals surface area contributed by atoms with Gasteiger partial charge in [0.25, 0.3) is 0 Å². The molecular weight excluding hydrogens is 386 g/mol. The van der Waals surface area contributed by atoms with Crippen LogP contribution in [0.2, 0.25) is 0 Å². The van der Waals surface area contributed by atoms with Crippen LogP contribution in [0, 0.1) is 11.8 Å². The van der Waals surface area contributed by atoms with E-state index >= 15 is 0 Å². The molecule has 0 aliphatic carbocycles. The van der Waals surface area contributed by atoms with Crippen molar-refractivity contribution in [1.82, 2.24) is 4.90 Å². The summed E-state index contributed by atoms with van der Waals surface area (Å²) < 4.78 is 6.05. The number of hydrogen-bond donors (Lipinski definition) is 1. The van der Waals surface area contributed by atoms with Crippen LogP contribution in [0.25, 0.3) is 6.08 Å². The van der Waals surface area contributed by atoms with Gasteiger partial charge in [-0.2, -0.15) is 0 Å². The Bertz CT molecular complexity index is 945. The number of carbonyl (C=O) groups excluding carboxylic acids is 1. The minimum Gasteiger partial charge on any atom is -0.507 e. The summed E-state index contributed by atoms with van der Waals surface area (Å²) in [7, 11) is 0. The van der Waals surface area contributed by atoms with Crippen LogP contribution in [-0.4, -0.2) is 28.9 Å². The predicted octanol–water partition coefficient (Wildman–Crippen LogP) is 6.25. The molecule has 1 N–H and O–H groups in total. The summed E-state index contributed by atoms with van der Waals surface area (Å²) >= 11 is 0. The number of hydrogen-bond acceptors (Lipinski definition) is 4. The first-order valence-electron chi connectivity index (χ1n) is 11.3. The molecule has 0 fully saturated rings. The maximum Gasteiger partial charge on any atom is 0.231 e. The molecule has 4 heteroatoms. The quantitative estimate of drug-likeness (QED) is 0.512. The van der Waals surface area contributed by atoms with Crippen molar-refractivity contribution in [2.24, 2.45) is 11.8 Å². The average molecular weight is 422 g/mol. The van der Waals surface area contributed by atoms with Gasteiger partial charge in [0.2, 0.25) is 5.78 Å². The summed E-state index contributed by atoms with van der Waals surface area (Å²) in [4.78, 5) is 15.3. The lowest BCUT2D eigenvalue weighted by Crippen LogP contribution is -2.31. The second kappa shape index (κ2) is 9.69. The fourth-order valence-electron chi connectivity index (χ4n) is 4.04. The molecule has 2 aromatic rings. The molecule has 0 atom stereocenters. The van der Waals surface area contributed by atoms with Crippen molar-refractivity contribution in [3.63, 3.8) is 0 Å². The Labute approximate surface area is 186 Å². The largest absolute Gasteiger partial charge is 0.507 e. The van der Waals surface area contributed by atoms with Crippen LogP contribution in [0.4, 0.5) is 0 Å². The van der Waals surface area contributed by atoms with Gasteiger partial charge in [-0.15, -0.1) is 0 Å². The summed E-state index contributed by atoms with van der Waals surface area (Å²) in [6.45, 7) is 15.5. The topological polar surface area (TPSA) is 49.8 Å². The average Bonchev–Trinajstić information content (AvgIpc) is 2.99. The molecule has 0 saturated heterocycles. The van der Waals surface area contributed by atoms with Gasteiger partial charge >= 0.3 is 0 Å². The van der Waals surface area contributed by atoms with Gasteiger partial charge in [0, 0.05) is 19.6 Å². The van der Waals surface area contributed by atoms with E-state index in [1.807, 2.05) is 12.1 Å². The van der Waals surface area contributed by atoms with Gasteiger partial charge in [0.1, 0.15) is 11.5 Å². The van der Waals surface area contributed by atoms with Crippen LogP contribution in [0.3, 0.4) is 0 Å². The molecule has 0 bridgehead atoms. The van der Waals surface area contributed by atoms with Crippen molar-refractivity contribution in [1.29, 1.82) is 0 Å². The maximum atomic E-state index is 13.0. The van der Waals surface area contributed by atoms with Crippen molar-refractivity contribution in [3.05, 3.63) is 64.4 Å². The van der Waals surface area contributed by atoms with Crippen molar-refractivity contribution in [2.45, 2.75) is 54.0 Å². The third-order valence-corrected chi connectivity index (χ3v) is 5.45. The summed E-state index contributed by atoms with van der Waals surface area (Å²) in [6.07, 6.45) is 1.78. The van der Waals surface area contributed by atoms with Crippen LogP contribution in [0.5, 0.6) is 11.5 Å². The molecular formula is C27H35NO3. The Kier molecular flexibility index (Phi) is 7.22. The molecule has 2 aromatic carbocycles. The van der Waals surface area contributed by atoms with Crippen LogP contribution in [-0.2, 0) is 6.54 Å². The first-order chi connectivity index (χ1) is 14.7. The molecule has 4 nitrogen and oxygen atoms in total. The van der Waals surface area contributed by atoms with Gasteiger partial charge in [0.15, 0.2) is 5.76 Å². The molecule has 166 valence electrons. The standard InChI is InChI=1S/C27H35NO3/c1-17(2)14-28(15-18(3)4)16-23-24(29)12-11-22-26(30)25(31-27(22)23)13-20-7-9-21(10-8-20)19(5)6/h7-13,17-19,29H,14-16H2,1-6H3/b25-13+. The molecule has 1 aliphatic heterocycles. The highest BCUT2D eigenvalue weighted by Gasteiger charge is 2.31. The van der Waals surface area contributed by atoms with Gasteiger partial charge in [-0.05, 0) is 47.1 Å². The number of rotatable bonds is 8. The molecule has 0 saturated carbocycles. The molecule has 0 spiro atoms. The van der Waals surface area contributed by atoms with Gasteiger partial charge < -0.3 is 9.84 Å². The maximum absolute atomic E-state index is 13.0. The first-order valence-corrected chi connectivity index (χ1v) is 11.3. The van der Waals surface area contributed by atoms with Crippen molar-refractivity contribution in [2.75, 3.05) is 13.1 Å². The van der Waals surface area contributed by atoms with E-state index in [4.69, 9.17) is 4.74 Å². The van der Waals surface area contributed by atoms with Gasteiger partial charge in [0.05, 0.1) is 11.1 Å². The normalized spacial score (nSPS) is 14.9. The SMILES string of the molecule is CC(C)CN(Cc1c(O)ccc2c1O/C(=C/c1ccc(C(C)C)cc1)C2=O)CC(C)C. The van der Waals surface area contributed by atoms with Crippen LogP contribution in [0.15, 0.2) is 42.2 Å². The summed E-state index contributed by atoms with van der Waals surface area (Å²) in [5.41, 5.74) is 3.39. The molecule has 0 aromatic heterocycles. The zero-order valence-corrected chi connectivity index (χ0v) is 19.6. The predicted molar refractivity (Wildman–Crippen MR) is 127 cm³/mol. The molecule has 0 unspecified atom stereocenters. The number of benzene rings is 2. The smallest absolute Gasteiger partial charge is 0.231 e. The summed E-state index contributed by atoms with van der Waals surface area (Å²) in [5.74, 6) is 2.30. The Morgan fingerprint density at radius 3 is 2.10 bits per heavy atom. The first kappa shape index (κ1) is 23.1. The minimum atomic E-state index is -0.136. The lowest BCUT2D eigenvalue weighted by molar-refractivity contribution is 0.101. The van der Waals surface area contributed by atoms with Gasteiger partial charge in [-0.25, -0.2) is 0 Å². The van der Waals surface area contributed by atoms with E-state index in [0.717, 1.165) is 18.7 Å². The van der Waals surface area contributed by atoms with Gasteiger partial charge in [-0.1, -0.05) is 65.8 Å². The Morgan fingerprint density at radius 2 is 1.55 bits per heavy atom. The number of phenolic OH excluding ortho intramolecular Hbond substituents is 1. The van der Waals surface area contributed by atoms with Crippen LogP contribution in [0.1, 0.15) is 74.5 Å². The fourth-order valence-corrected chi connectivity index (χ4v) is 4.04. The number of Topliss-reactive ketones (excluding diaryl/α,β-unsaturated/α-hetero) is 1. The molecule has 1 aliphatic rings. The summed E-state index contributed by atoms with van der Waals surface area (Å²) in [6, 6.07) is 11.4. The molecule has 3 rings (SSSR count). The third-order valence-electron chi connectivity index (χ3n) is 5.45. The number of ketones is 1. The van der Waals surface area contributed by atoms with Crippen LogP contribution < -0.4 is 4.74 Å². The number of ether oxygens (including phenoxy) is 1. The zero-order chi connectivity index (χ0) is 22.7. The van der Waals surface area contributed by atoms with Gasteiger partial charge in [-0.3, -0.25) is 9.69 Å². The second-order valence-corrected chi connectivity index (χ2v) is 9.68. The number of phenols is 1. The van der Waals surface area contributed by atoms with Crippen molar-refractivity contribution < 1.29 is 14.6 Å². The number of carbonyl (C=O) groups is 1. The zero-order valence-electron chi connectivity index (χ0n) is 19.6. The van der Waals surface area contributed by atoms with E-state index in [0.29, 0.717) is 46.9 Å². The highest BCUT2D eigenvalue weighted by atomic mass is 16.5. The summed E-state index contributed by atoms with van der Waals surface area (Å²) in [5, 5.41) is 10.6. The minimum absolute atomic E-state index is 0.136.